The normalized spacial score (nSPS) is 15.8. The van der Waals surface area contributed by atoms with Crippen LogP contribution in [0.4, 0.5) is 13.2 Å². The third kappa shape index (κ3) is 6.51. The van der Waals surface area contributed by atoms with Gasteiger partial charge in [-0.1, -0.05) is 32.1 Å². The lowest BCUT2D eigenvalue weighted by Gasteiger charge is -2.24. The molecule has 1 fully saturated rings. The largest absolute Gasteiger partial charge is 0.462 e. The summed E-state index contributed by atoms with van der Waals surface area (Å²) < 4.78 is 77.1. The fraction of sp³-hybridized carbons (Fsp3) is 0.577. The highest BCUT2D eigenvalue weighted by atomic mass is 32.2. The van der Waals surface area contributed by atoms with Crippen LogP contribution in [-0.4, -0.2) is 31.1 Å². The van der Waals surface area contributed by atoms with Crippen molar-refractivity contribution in [2.24, 2.45) is 5.92 Å². The van der Waals surface area contributed by atoms with Crippen molar-refractivity contribution >= 4 is 16.0 Å². The van der Waals surface area contributed by atoms with Crippen molar-refractivity contribution in [3.05, 3.63) is 46.8 Å². The summed E-state index contributed by atoms with van der Waals surface area (Å²) in [6, 6.07) is 3.18. The van der Waals surface area contributed by atoms with Crippen molar-refractivity contribution in [3.8, 4) is 5.69 Å². The highest BCUT2D eigenvalue weighted by molar-refractivity contribution is 7.89. The minimum absolute atomic E-state index is 0.140. The zero-order valence-corrected chi connectivity index (χ0v) is 22.3. The first kappa shape index (κ1) is 28.2. The molecule has 10 heteroatoms. The third-order valence-electron chi connectivity index (χ3n) is 6.36. The van der Waals surface area contributed by atoms with Crippen LogP contribution in [0, 0.1) is 12.8 Å². The Morgan fingerprint density at radius 1 is 1.14 bits per heavy atom. The monoisotopic (exact) mass is 528 g/mol. The van der Waals surface area contributed by atoms with Crippen LogP contribution in [0.15, 0.2) is 29.3 Å². The Morgan fingerprint density at radius 2 is 1.78 bits per heavy atom. The van der Waals surface area contributed by atoms with E-state index in [4.69, 9.17) is 4.74 Å². The Bertz CT molecular complexity index is 1200. The first-order chi connectivity index (χ1) is 16.6. The molecule has 2 aromatic rings. The zero-order valence-electron chi connectivity index (χ0n) is 21.5. The number of halogens is 3. The van der Waals surface area contributed by atoms with E-state index in [0.717, 1.165) is 49.9 Å². The van der Waals surface area contributed by atoms with Gasteiger partial charge in [0.05, 0.1) is 22.6 Å². The first-order valence-electron chi connectivity index (χ1n) is 12.3. The molecule has 0 spiro atoms. The van der Waals surface area contributed by atoms with Gasteiger partial charge in [-0.15, -0.1) is 0 Å². The molecule has 1 aliphatic rings. The van der Waals surface area contributed by atoms with E-state index in [1.54, 1.807) is 39.2 Å². The summed E-state index contributed by atoms with van der Waals surface area (Å²) in [5, 5.41) is 0. The first-order valence-corrected chi connectivity index (χ1v) is 13.8. The molecule has 1 aromatic heterocycles. The third-order valence-corrected chi connectivity index (χ3v) is 8.18. The smallest absolute Gasteiger partial charge is 0.417 e. The molecule has 3 rings (SSSR count). The van der Waals surface area contributed by atoms with Gasteiger partial charge in [0.25, 0.3) is 0 Å². The number of benzene rings is 1. The molecule has 0 amide bonds. The molecular weight excluding hydrogens is 493 g/mol. The molecule has 0 bridgehead atoms. The van der Waals surface area contributed by atoms with Gasteiger partial charge in [-0.05, 0) is 70.7 Å². The number of nitrogens with one attached hydrogen (secondary N) is 1. The second-order valence-electron chi connectivity index (χ2n) is 10.4. The number of nitrogens with zero attached hydrogens (tertiary/aromatic N) is 1. The average molecular weight is 529 g/mol. The van der Waals surface area contributed by atoms with Gasteiger partial charge in [0.1, 0.15) is 0 Å². The van der Waals surface area contributed by atoms with Crippen molar-refractivity contribution in [2.45, 2.75) is 89.8 Å². The fourth-order valence-electron chi connectivity index (χ4n) is 4.78. The van der Waals surface area contributed by atoms with E-state index in [0.29, 0.717) is 23.5 Å². The second-order valence-corrected chi connectivity index (χ2v) is 12.1. The molecule has 1 saturated carbocycles. The fourth-order valence-corrected chi connectivity index (χ4v) is 6.41. The summed E-state index contributed by atoms with van der Waals surface area (Å²) >= 11 is 0. The summed E-state index contributed by atoms with van der Waals surface area (Å²) in [6.07, 6.45) is 2.60. The maximum Gasteiger partial charge on any atom is 0.417 e. The Balaban J connectivity index is 2.17. The van der Waals surface area contributed by atoms with Gasteiger partial charge in [0, 0.05) is 23.1 Å². The van der Waals surface area contributed by atoms with Gasteiger partial charge < -0.3 is 9.30 Å². The van der Waals surface area contributed by atoms with E-state index in [2.05, 4.69) is 4.72 Å². The van der Waals surface area contributed by atoms with Crippen LogP contribution in [-0.2, 0) is 27.4 Å². The van der Waals surface area contributed by atoms with Crippen LogP contribution in [0.1, 0.15) is 87.0 Å². The molecule has 36 heavy (non-hydrogen) atoms. The zero-order chi connectivity index (χ0) is 26.9. The average Bonchev–Trinajstić information content (AvgIpc) is 3.08. The minimum Gasteiger partial charge on any atom is -0.462 e. The molecule has 0 unspecified atom stereocenters. The van der Waals surface area contributed by atoms with Crippen molar-refractivity contribution in [2.75, 3.05) is 6.61 Å². The molecule has 1 aliphatic carbocycles. The predicted molar refractivity (Wildman–Crippen MR) is 132 cm³/mol. The number of rotatable bonds is 7. The summed E-state index contributed by atoms with van der Waals surface area (Å²) in [5.74, 6) is -0.179. The summed E-state index contributed by atoms with van der Waals surface area (Å²) in [6.45, 7) is 8.31. The topological polar surface area (TPSA) is 77.4 Å². The number of hydrogen-bond donors (Lipinski definition) is 1. The number of ether oxygens (including phenoxy) is 1. The summed E-state index contributed by atoms with van der Waals surface area (Å²) in [7, 11) is -4.44. The lowest BCUT2D eigenvalue weighted by atomic mass is 9.85. The van der Waals surface area contributed by atoms with Crippen molar-refractivity contribution in [1.82, 2.24) is 9.29 Å². The van der Waals surface area contributed by atoms with Crippen molar-refractivity contribution < 1.29 is 31.1 Å². The van der Waals surface area contributed by atoms with Gasteiger partial charge in [-0.3, -0.25) is 0 Å². The van der Waals surface area contributed by atoms with Gasteiger partial charge in [0.2, 0.25) is 10.0 Å². The van der Waals surface area contributed by atoms with Gasteiger partial charge >= 0.3 is 12.1 Å². The highest BCUT2D eigenvalue weighted by Crippen LogP contribution is 2.37. The van der Waals surface area contributed by atoms with E-state index >= 15 is 0 Å². The summed E-state index contributed by atoms with van der Waals surface area (Å²) in [4.78, 5) is 11.8. The number of esters is 1. The van der Waals surface area contributed by atoms with Crippen LogP contribution in [0.3, 0.4) is 0 Å². The molecule has 0 radical (unpaired) electrons. The van der Waals surface area contributed by atoms with Gasteiger partial charge in [0.15, 0.2) is 0 Å². The van der Waals surface area contributed by atoms with Gasteiger partial charge in [-0.2, -0.15) is 13.2 Å². The van der Waals surface area contributed by atoms with E-state index in [-0.39, 0.29) is 12.3 Å². The number of carbonyl (C=O) groups is 1. The van der Waals surface area contributed by atoms with E-state index in [1.165, 1.54) is 12.3 Å². The quantitative estimate of drug-likeness (QED) is 0.436. The van der Waals surface area contributed by atoms with Crippen LogP contribution >= 0.6 is 0 Å². The molecule has 1 aromatic carbocycles. The lowest BCUT2D eigenvalue weighted by molar-refractivity contribution is -0.139. The maximum atomic E-state index is 14.1. The van der Waals surface area contributed by atoms with Gasteiger partial charge in [-0.25, -0.2) is 17.9 Å². The molecule has 0 saturated heterocycles. The second kappa shape index (κ2) is 10.6. The number of alkyl halides is 3. The van der Waals surface area contributed by atoms with Crippen molar-refractivity contribution in [3.63, 3.8) is 0 Å². The molecule has 1 N–H and O–H groups in total. The Morgan fingerprint density at radius 3 is 2.33 bits per heavy atom. The number of hydrogen-bond acceptors (Lipinski definition) is 4. The standard InChI is InChI=1S/C26H35F3N2O4S/c1-6-35-24(32)20-16-31(22(17(20)2)14-18-10-8-7-9-11-18)19-12-13-23(21(15-19)26(27,28)29)36(33,34)30-25(3,4)5/h12-13,15-16,18,30H,6-11,14H2,1-5H3. The Labute approximate surface area is 211 Å². The maximum absolute atomic E-state index is 14.1. The van der Waals surface area contributed by atoms with Crippen LogP contribution in [0.25, 0.3) is 5.69 Å². The molecule has 0 aliphatic heterocycles. The Hall–Kier alpha value is -2.33. The van der Waals surface area contributed by atoms with Crippen LogP contribution in [0.5, 0.6) is 0 Å². The predicted octanol–water partition coefficient (Wildman–Crippen LogP) is 6.18. The van der Waals surface area contributed by atoms with E-state index < -0.39 is 38.2 Å². The lowest BCUT2D eigenvalue weighted by Crippen LogP contribution is -2.41. The highest BCUT2D eigenvalue weighted by Gasteiger charge is 2.39. The Kier molecular flexibility index (Phi) is 8.30. The number of sulfonamides is 1. The molecule has 200 valence electrons. The molecule has 0 atom stereocenters. The molecular formula is C26H35F3N2O4S. The minimum atomic E-state index is -4.91. The van der Waals surface area contributed by atoms with E-state index in [9.17, 15) is 26.4 Å². The number of aromatic nitrogens is 1. The van der Waals surface area contributed by atoms with Crippen LogP contribution < -0.4 is 4.72 Å². The molecule has 6 nitrogen and oxygen atoms in total. The van der Waals surface area contributed by atoms with E-state index in [1.807, 2.05) is 0 Å². The van der Waals surface area contributed by atoms with Crippen LogP contribution in [0.2, 0.25) is 0 Å². The molecule has 1 heterocycles. The SMILES string of the molecule is CCOC(=O)c1cn(-c2ccc(S(=O)(=O)NC(C)(C)C)c(C(F)(F)F)c2)c(CC2CCCCC2)c1C. The number of carbonyl (C=O) groups excluding carboxylic acids is 1. The van der Waals surface area contributed by atoms with Crippen molar-refractivity contribution in [1.29, 1.82) is 0 Å². The summed E-state index contributed by atoms with van der Waals surface area (Å²) in [5.41, 5.74) is -0.381.